The van der Waals surface area contributed by atoms with Crippen molar-refractivity contribution >= 4 is 5.97 Å². The molecule has 0 aromatic rings. The van der Waals surface area contributed by atoms with Crippen LogP contribution in [0.2, 0.25) is 0 Å². The zero-order chi connectivity index (χ0) is 5.58. The van der Waals surface area contributed by atoms with E-state index in [0.29, 0.717) is 0 Å². The Kier molecular flexibility index (Phi) is 35.4. The molecule has 0 aromatic carbocycles. The van der Waals surface area contributed by atoms with E-state index < -0.39 is 5.97 Å². The van der Waals surface area contributed by atoms with Crippen molar-refractivity contribution in [3.8, 4) is 0 Å². The number of hydrogen-bond acceptors (Lipinski definition) is 1. The third-order valence-corrected chi connectivity index (χ3v) is 0. The monoisotopic (exact) mass is 126 g/mol. The van der Waals surface area contributed by atoms with Gasteiger partial charge in [0.1, 0.15) is 0 Å². The van der Waals surface area contributed by atoms with Crippen LogP contribution in [0, 0.1) is 6.58 Å². The topological polar surface area (TPSA) is 37.3 Å². The summed E-state index contributed by atoms with van der Waals surface area (Å²) in [7, 11) is 0. The molecule has 0 bridgehead atoms. The van der Waals surface area contributed by atoms with Gasteiger partial charge in [-0.1, -0.05) is 0 Å². The van der Waals surface area contributed by atoms with Gasteiger partial charge in [0.25, 0.3) is 5.97 Å². The van der Waals surface area contributed by atoms with E-state index in [-0.39, 0.29) is 51.4 Å². The summed E-state index contributed by atoms with van der Waals surface area (Å²) in [5, 5.41) is 7.42. The van der Waals surface area contributed by atoms with Crippen molar-refractivity contribution in [3.63, 3.8) is 0 Å². The fourth-order valence-corrected chi connectivity index (χ4v) is 0. The molecule has 0 aliphatic heterocycles. The Morgan fingerprint density at radius 2 is 1.71 bits per heavy atom. The summed E-state index contributed by atoms with van der Waals surface area (Å²) in [5.74, 6) is -0.833. The third-order valence-electron chi connectivity index (χ3n) is 0. The molecule has 0 fully saturated rings. The smallest absolute Gasteiger partial charge is 0.521 e. The van der Waals surface area contributed by atoms with E-state index in [4.69, 9.17) is 9.90 Å². The van der Waals surface area contributed by atoms with Gasteiger partial charge in [-0.3, -0.25) is 11.4 Å². The molecule has 0 spiro atoms. The summed E-state index contributed by atoms with van der Waals surface area (Å²) < 4.78 is 0. The van der Waals surface area contributed by atoms with Crippen molar-refractivity contribution in [2.75, 3.05) is 0 Å². The second-order valence-electron chi connectivity index (χ2n) is 0.519. The Bertz CT molecular complexity index is 41.0. The molecule has 0 atom stereocenters. The van der Waals surface area contributed by atoms with Crippen molar-refractivity contribution in [3.05, 3.63) is 13.2 Å². The Labute approximate surface area is 86.0 Å². The van der Waals surface area contributed by atoms with Gasteiger partial charge < -0.3 is 11.7 Å². The van der Waals surface area contributed by atoms with Crippen molar-refractivity contribution in [2.45, 2.75) is 6.92 Å². The van der Waals surface area contributed by atoms with Crippen LogP contribution in [0.25, 0.3) is 0 Å². The van der Waals surface area contributed by atoms with Crippen LogP contribution >= 0.6 is 0 Å². The van der Waals surface area contributed by atoms with Gasteiger partial charge in [-0.15, -0.1) is 0 Å². The summed E-state index contributed by atoms with van der Waals surface area (Å²) in [6, 6.07) is 0. The number of carbonyl (C=O) groups is 1. The quantitative estimate of drug-likeness (QED) is 0.293. The molecule has 0 aliphatic carbocycles. The zero-order valence-electron chi connectivity index (χ0n) is 4.64. The van der Waals surface area contributed by atoms with Gasteiger partial charge in [0.2, 0.25) is 0 Å². The normalized spacial score (nSPS) is 4.14. The van der Waals surface area contributed by atoms with E-state index in [1.54, 1.807) is 0 Å². The molecule has 0 rings (SSSR count). The van der Waals surface area contributed by atoms with E-state index in [1.807, 2.05) is 0 Å². The molecule has 0 aliphatic rings. The Morgan fingerprint density at radius 3 is 1.71 bits per heavy atom. The number of carboxylic acids is 1. The Balaban J connectivity index is -0.0000000480. The van der Waals surface area contributed by atoms with Crippen LogP contribution in [0.4, 0.5) is 0 Å². The van der Waals surface area contributed by atoms with E-state index in [0.717, 1.165) is 6.92 Å². The average Bonchev–Trinajstić information content (AvgIpc) is 1.41. The maximum absolute atomic E-state index is 9.00. The molecule has 0 saturated heterocycles. The molecule has 0 saturated carbocycles. The first-order chi connectivity index (χ1) is 2.73. The number of hydrogen-bond donors (Lipinski definition) is 1. The molecule has 36 valence electrons. The summed E-state index contributed by atoms with van der Waals surface area (Å²) in [6.45, 7) is 8.08. The van der Waals surface area contributed by atoms with Crippen molar-refractivity contribution in [1.82, 2.24) is 0 Å². The summed E-state index contributed by atoms with van der Waals surface area (Å²) in [4.78, 5) is 9.00. The predicted octanol–water partition coefficient (Wildman–Crippen LogP) is -2.30. The third kappa shape index (κ3) is 224. The Morgan fingerprint density at radius 1 is 1.71 bits per heavy atom. The maximum atomic E-state index is 9.00. The molecule has 1 N–H and O–H groups in total. The average molecular weight is 126 g/mol. The Hall–Kier alpha value is 0.846. The summed E-state index contributed by atoms with van der Waals surface area (Å²) >= 11 is 0. The van der Waals surface area contributed by atoms with Crippen LogP contribution in [-0.2, 0) is 4.79 Å². The van der Waals surface area contributed by atoms with Crippen LogP contribution in [0.1, 0.15) is 6.92 Å². The molecular formula is C4H7KO2. The van der Waals surface area contributed by atoms with Crippen LogP contribution in [-0.4, -0.2) is 11.1 Å². The van der Waals surface area contributed by atoms with E-state index in [1.165, 1.54) is 0 Å². The summed E-state index contributed by atoms with van der Waals surface area (Å²) in [6.07, 6.45) is 0. The number of carboxylic acid groups (broad SMARTS) is 1. The number of rotatable bonds is 0. The van der Waals surface area contributed by atoms with E-state index in [9.17, 15) is 0 Å². The predicted molar refractivity (Wildman–Crippen MR) is 23.2 cm³/mol. The molecule has 2 nitrogen and oxygen atoms in total. The molecule has 0 unspecified atom stereocenters. The molecule has 7 heavy (non-hydrogen) atoms. The van der Waals surface area contributed by atoms with E-state index in [2.05, 4.69) is 13.2 Å². The van der Waals surface area contributed by atoms with Crippen LogP contribution in [0.3, 0.4) is 0 Å². The van der Waals surface area contributed by atoms with Crippen molar-refractivity contribution in [1.29, 1.82) is 0 Å². The second-order valence-corrected chi connectivity index (χ2v) is 0.519. The minimum atomic E-state index is -0.833. The van der Waals surface area contributed by atoms with Crippen LogP contribution in [0.5, 0.6) is 0 Å². The first-order valence-electron chi connectivity index (χ1n) is 1.34. The minimum Gasteiger partial charge on any atom is -0.521 e. The zero-order valence-corrected chi connectivity index (χ0v) is 7.76. The van der Waals surface area contributed by atoms with Gasteiger partial charge in [0, 0.05) is 6.92 Å². The molecule has 0 radical (unpaired) electrons. The van der Waals surface area contributed by atoms with Crippen molar-refractivity contribution in [2.24, 2.45) is 0 Å². The SMILES string of the molecule is CC(=O)O.[CH-]=C.[K+]. The van der Waals surface area contributed by atoms with Gasteiger partial charge in [-0.05, 0) is 0 Å². The van der Waals surface area contributed by atoms with Crippen molar-refractivity contribution < 1.29 is 61.3 Å². The van der Waals surface area contributed by atoms with Gasteiger partial charge in [0.15, 0.2) is 0 Å². The van der Waals surface area contributed by atoms with Crippen LogP contribution < -0.4 is 51.4 Å². The summed E-state index contributed by atoms with van der Waals surface area (Å²) in [5.41, 5.74) is 0. The molecule has 3 heteroatoms. The van der Waals surface area contributed by atoms with E-state index >= 15 is 0 Å². The van der Waals surface area contributed by atoms with Gasteiger partial charge >= 0.3 is 51.4 Å². The minimum absolute atomic E-state index is 0. The number of aliphatic carboxylic acids is 1. The van der Waals surface area contributed by atoms with Crippen LogP contribution in [0.15, 0.2) is 6.58 Å². The van der Waals surface area contributed by atoms with Gasteiger partial charge in [-0.2, -0.15) is 0 Å². The first kappa shape index (κ1) is 15.7. The molecular weight excluding hydrogens is 119 g/mol. The molecule has 0 amide bonds. The fourth-order valence-electron chi connectivity index (χ4n) is 0. The maximum Gasteiger partial charge on any atom is 1.00 e. The van der Waals surface area contributed by atoms with Gasteiger partial charge in [0.05, 0.1) is 0 Å². The van der Waals surface area contributed by atoms with Gasteiger partial charge in [-0.25, -0.2) is 0 Å². The first-order valence-corrected chi connectivity index (χ1v) is 1.34. The molecule has 0 aromatic heterocycles. The largest absolute Gasteiger partial charge is 1.00 e. The second kappa shape index (κ2) is 15.8. The molecule has 0 heterocycles. The standard InChI is InChI=1S/C2H4O2.C2H3.K/c1-2(3)4;1-2;/h1H3,(H,3,4);1H,2H2;/q;-1;+1. The fraction of sp³-hybridized carbons (Fsp3) is 0.250.